The van der Waals surface area contributed by atoms with Gasteiger partial charge in [-0.3, -0.25) is 9.63 Å². The number of amides is 1. The Morgan fingerprint density at radius 2 is 2.70 bits per heavy atom. The number of hydroxylamine groups is 1. The van der Waals surface area contributed by atoms with Gasteiger partial charge < -0.3 is 4.98 Å². The third-order valence-corrected chi connectivity index (χ3v) is 0.942. The van der Waals surface area contributed by atoms with E-state index in [1.807, 2.05) is 0 Å². The minimum atomic E-state index is 0.317. The largest absolute Gasteiger partial charge is 0.345 e. The van der Waals surface area contributed by atoms with Crippen LogP contribution in [-0.4, -0.2) is 23.5 Å². The van der Waals surface area contributed by atoms with Crippen LogP contribution in [0, 0.1) is 0 Å². The van der Waals surface area contributed by atoms with E-state index in [0.717, 1.165) is 5.06 Å². The van der Waals surface area contributed by atoms with Crippen molar-refractivity contribution < 1.29 is 9.63 Å². The Kier molecular flexibility index (Phi) is 2.01. The Morgan fingerprint density at radius 3 is 3.10 bits per heavy atom. The molecule has 10 heavy (non-hydrogen) atoms. The molecule has 1 heterocycles. The van der Waals surface area contributed by atoms with E-state index in [0.29, 0.717) is 5.95 Å². The molecule has 0 saturated heterocycles. The van der Waals surface area contributed by atoms with Crippen molar-refractivity contribution in [3.63, 3.8) is 0 Å². The number of imidazole rings is 1. The van der Waals surface area contributed by atoms with E-state index in [4.69, 9.17) is 0 Å². The predicted octanol–water partition coefficient (Wildman–Crippen LogP) is -0.155. The van der Waals surface area contributed by atoms with Gasteiger partial charge in [0.1, 0.15) is 0 Å². The van der Waals surface area contributed by atoms with Gasteiger partial charge in [-0.2, -0.15) is 0 Å². The Hall–Kier alpha value is -1.36. The summed E-state index contributed by atoms with van der Waals surface area (Å²) in [5, 5.41) is 0.861. The summed E-state index contributed by atoms with van der Waals surface area (Å²) in [6.45, 7) is 0. The van der Waals surface area contributed by atoms with Gasteiger partial charge in [-0.05, 0) is 0 Å². The highest BCUT2D eigenvalue weighted by atomic mass is 16.7. The summed E-state index contributed by atoms with van der Waals surface area (Å²) in [5.41, 5.74) is 0. The predicted molar refractivity (Wildman–Crippen MR) is 33.8 cm³/mol. The molecule has 0 aliphatic heterocycles. The quantitative estimate of drug-likeness (QED) is 0.469. The van der Waals surface area contributed by atoms with Crippen molar-refractivity contribution in [3.8, 4) is 0 Å². The van der Waals surface area contributed by atoms with E-state index in [9.17, 15) is 4.79 Å². The van der Waals surface area contributed by atoms with Crippen molar-refractivity contribution in [2.45, 2.75) is 0 Å². The third kappa shape index (κ3) is 1.14. The molecule has 0 aromatic carbocycles. The molecule has 1 radical (unpaired) electrons. The average molecular weight is 140 g/mol. The van der Waals surface area contributed by atoms with Crippen molar-refractivity contribution in [2.75, 3.05) is 12.2 Å². The highest BCUT2D eigenvalue weighted by molar-refractivity contribution is 5.68. The first kappa shape index (κ1) is 6.76. The van der Waals surface area contributed by atoms with Crippen molar-refractivity contribution in [3.05, 3.63) is 12.4 Å². The molecule has 1 rings (SSSR count). The first-order valence-electron chi connectivity index (χ1n) is 2.60. The van der Waals surface area contributed by atoms with Gasteiger partial charge in [0.25, 0.3) is 0 Å². The van der Waals surface area contributed by atoms with Gasteiger partial charge in [0.15, 0.2) is 0 Å². The number of carbonyl (C=O) groups excluding carboxylic acids is 1. The van der Waals surface area contributed by atoms with E-state index in [1.54, 1.807) is 6.20 Å². The van der Waals surface area contributed by atoms with Crippen LogP contribution in [-0.2, 0) is 9.63 Å². The van der Waals surface area contributed by atoms with E-state index in [2.05, 4.69) is 14.8 Å². The Labute approximate surface area is 57.6 Å². The second-order valence-corrected chi connectivity index (χ2v) is 1.48. The minimum absolute atomic E-state index is 0.317. The van der Waals surface area contributed by atoms with E-state index in [-0.39, 0.29) is 0 Å². The lowest BCUT2D eigenvalue weighted by atomic mass is 11.0. The van der Waals surface area contributed by atoms with Gasteiger partial charge >= 0.3 is 6.41 Å². The molecule has 1 amide bonds. The zero-order chi connectivity index (χ0) is 7.40. The van der Waals surface area contributed by atoms with Gasteiger partial charge in [0, 0.05) is 12.4 Å². The van der Waals surface area contributed by atoms with Crippen molar-refractivity contribution in [2.24, 2.45) is 0 Å². The summed E-state index contributed by atoms with van der Waals surface area (Å²) < 4.78 is 0. The molecule has 1 aromatic heterocycles. The minimum Gasteiger partial charge on any atom is -0.329 e. The number of hydrogen-bond acceptors (Lipinski definition) is 3. The van der Waals surface area contributed by atoms with E-state index < -0.39 is 0 Å². The van der Waals surface area contributed by atoms with Crippen LogP contribution < -0.4 is 5.06 Å². The SMILES string of the molecule is CON([C]=O)c1ncc[nH]1. The van der Waals surface area contributed by atoms with E-state index >= 15 is 0 Å². The lowest BCUT2D eigenvalue weighted by Gasteiger charge is -2.06. The number of aromatic amines is 1. The highest BCUT2D eigenvalue weighted by Crippen LogP contribution is 2.01. The molecule has 5 nitrogen and oxygen atoms in total. The molecule has 0 fully saturated rings. The number of hydrogen-bond donors (Lipinski definition) is 1. The number of nitrogens with zero attached hydrogens (tertiary/aromatic N) is 2. The second-order valence-electron chi connectivity index (χ2n) is 1.48. The fraction of sp³-hybridized carbons (Fsp3) is 0.200. The van der Waals surface area contributed by atoms with Crippen LogP contribution in [0.3, 0.4) is 0 Å². The van der Waals surface area contributed by atoms with Crippen LogP contribution in [0.2, 0.25) is 0 Å². The van der Waals surface area contributed by atoms with Gasteiger partial charge in [0.2, 0.25) is 5.95 Å². The number of anilines is 1. The molecule has 0 bridgehead atoms. The first-order valence-corrected chi connectivity index (χ1v) is 2.60. The van der Waals surface area contributed by atoms with Crippen molar-refractivity contribution in [1.29, 1.82) is 0 Å². The summed E-state index contributed by atoms with van der Waals surface area (Å²) in [6, 6.07) is 0. The normalized spacial score (nSPS) is 9.30. The molecule has 1 aromatic rings. The number of H-pyrrole nitrogens is 1. The molecular weight excluding hydrogens is 134 g/mol. The molecule has 0 atom stereocenters. The van der Waals surface area contributed by atoms with Crippen LogP contribution in [0.5, 0.6) is 0 Å². The van der Waals surface area contributed by atoms with Crippen LogP contribution >= 0.6 is 0 Å². The lowest BCUT2D eigenvalue weighted by Crippen LogP contribution is -2.19. The smallest absolute Gasteiger partial charge is 0.329 e. The summed E-state index contributed by atoms with van der Waals surface area (Å²) in [4.78, 5) is 21.0. The topological polar surface area (TPSA) is 58.2 Å². The summed E-state index contributed by atoms with van der Waals surface area (Å²) >= 11 is 0. The number of nitrogens with one attached hydrogen (secondary N) is 1. The lowest BCUT2D eigenvalue weighted by molar-refractivity contribution is 0.202. The van der Waals surface area contributed by atoms with Crippen molar-refractivity contribution >= 4 is 12.4 Å². The maximum atomic E-state index is 10.1. The summed E-state index contributed by atoms with van der Waals surface area (Å²) in [6.07, 6.45) is 4.62. The fourth-order valence-electron chi connectivity index (χ4n) is 0.535. The molecule has 0 spiro atoms. The Bertz CT molecular complexity index is 197. The fourth-order valence-corrected chi connectivity index (χ4v) is 0.535. The summed E-state index contributed by atoms with van der Waals surface area (Å²) in [7, 11) is 1.35. The van der Waals surface area contributed by atoms with Gasteiger partial charge in [0.05, 0.1) is 7.11 Å². The number of aromatic nitrogens is 2. The van der Waals surface area contributed by atoms with Gasteiger partial charge in [-0.15, -0.1) is 5.06 Å². The van der Waals surface area contributed by atoms with Crippen LogP contribution in [0.4, 0.5) is 5.95 Å². The highest BCUT2D eigenvalue weighted by Gasteiger charge is 2.05. The Morgan fingerprint density at radius 1 is 1.90 bits per heavy atom. The zero-order valence-electron chi connectivity index (χ0n) is 5.37. The maximum absolute atomic E-state index is 10.1. The van der Waals surface area contributed by atoms with Crippen LogP contribution in [0.1, 0.15) is 0 Å². The molecule has 0 aliphatic carbocycles. The molecule has 5 heteroatoms. The standard InChI is InChI=1S/C5H6N3O2/c1-10-8(4-9)5-6-2-3-7-5/h2-3H,1H3,(H,6,7). The molecule has 1 N–H and O–H groups in total. The summed E-state index contributed by atoms with van der Waals surface area (Å²) in [5.74, 6) is 0.317. The van der Waals surface area contributed by atoms with Crippen LogP contribution in [0.25, 0.3) is 0 Å². The second kappa shape index (κ2) is 2.98. The van der Waals surface area contributed by atoms with Gasteiger partial charge in [-0.1, -0.05) is 0 Å². The van der Waals surface area contributed by atoms with E-state index in [1.165, 1.54) is 19.7 Å². The molecule has 0 unspecified atom stereocenters. The van der Waals surface area contributed by atoms with Gasteiger partial charge in [-0.25, -0.2) is 4.98 Å². The molecule has 53 valence electrons. The maximum Gasteiger partial charge on any atom is 0.345 e. The molecular formula is C5H6N3O2. The Balaban J connectivity index is 2.73. The molecule has 0 aliphatic rings. The first-order chi connectivity index (χ1) is 4.88. The zero-order valence-corrected chi connectivity index (χ0v) is 5.37. The van der Waals surface area contributed by atoms with Crippen molar-refractivity contribution in [1.82, 2.24) is 9.97 Å². The third-order valence-electron chi connectivity index (χ3n) is 0.942. The number of rotatable bonds is 3. The average Bonchev–Trinajstić information content (AvgIpc) is 2.43. The van der Waals surface area contributed by atoms with Crippen LogP contribution in [0.15, 0.2) is 12.4 Å². The monoisotopic (exact) mass is 140 g/mol. The molecule has 0 saturated carbocycles.